The van der Waals surface area contributed by atoms with Gasteiger partial charge in [0.05, 0.1) is 15.6 Å². The molecule has 0 fully saturated rings. The van der Waals surface area contributed by atoms with Crippen LogP contribution in [0.2, 0.25) is 5.02 Å². The molecule has 0 aliphatic rings. The van der Waals surface area contributed by atoms with Gasteiger partial charge in [-0.2, -0.15) is 0 Å². The van der Waals surface area contributed by atoms with Gasteiger partial charge in [0, 0.05) is 18.8 Å². The molecule has 0 unspecified atom stereocenters. The number of amides is 1. The molecule has 0 spiro atoms. The van der Waals surface area contributed by atoms with Crippen molar-refractivity contribution >= 4 is 39.0 Å². The Hall–Kier alpha value is -2.90. The molecule has 1 heterocycles. The number of hydrogen-bond acceptors (Lipinski definition) is 4. The van der Waals surface area contributed by atoms with Crippen LogP contribution in [0.4, 0.5) is 11.5 Å². The molecule has 1 N–H and O–H groups in total. The van der Waals surface area contributed by atoms with Gasteiger partial charge in [0.1, 0.15) is 5.82 Å². The fourth-order valence-electron chi connectivity index (χ4n) is 2.49. The largest absolute Gasteiger partial charge is 0.307 e. The first kappa shape index (κ1) is 19.9. The standard InChI is InChI=1S/C20H18ClN3O3S/c1-14-6-9-17(10-7-14)24(2)28(26,27)18-5-3-4-15(12-18)20(25)23-19-11-8-16(21)13-22-19/h3-13H,1-2H3,(H,22,23,25). The van der Waals surface area contributed by atoms with Crippen molar-refractivity contribution in [2.45, 2.75) is 11.8 Å². The number of aromatic nitrogens is 1. The minimum absolute atomic E-state index is 0.0206. The average molecular weight is 416 g/mol. The Bertz CT molecular complexity index is 1100. The number of carbonyl (C=O) groups excluding carboxylic acids is 1. The zero-order valence-electron chi connectivity index (χ0n) is 15.3. The van der Waals surface area contributed by atoms with E-state index in [1.807, 2.05) is 19.1 Å². The Labute approximate surface area is 168 Å². The first-order valence-corrected chi connectivity index (χ1v) is 10.2. The summed E-state index contributed by atoms with van der Waals surface area (Å²) in [5.41, 5.74) is 1.77. The number of sulfonamides is 1. The first-order valence-electron chi connectivity index (χ1n) is 8.36. The summed E-state index contributed by atoms with van der Waals surface area (Å²) in [4.78, 5) is 16.5. The normalized spacial score (nSPS) is 11.1. The molecule has 28 heavy (non-hydrogen) atoms. The molecule has 3 aromatic rings. The van der Waals surface area contributed by atoms with Gasteiger partial charge in [-0.05, 0) is 49.4 Å². The molecule has 1 aromatic heterocycles. The van der Waals surface area contributed by atoms with Crippen LogP contribution >= 0.6 is 11.6 Å². The Morgan fingerprint density at radius 1 is 1.07 bits per heavy atom. The molecule has 0 aliphatic carbocycles. The molecule has 0 atom stereocenters. The summed E-state index contributed by atoms with van der Waals surface area (Å²) < 4.78 is 27.1. The van der Waals surface area contributed by atoms with Crippen LogP contribution < -0.4 is 9.62 Å². The van der Waals surface area contributed by atoms with Crippen LogP contribution in [-0.4, -0.2) is 26.4 Å². The van der Waals surface area contributed by atoms with Gasteiger partial charge in [0.15, 0.2) is 0 Å². The molecular formula is C20H18ClN3O3S. The molecule has 144 valence electrons. The van der Waals surface area contributed by atoms with Gasteiger partial charge in [-0.15, -0.1) is 0 Å². The highest BCUT2D eigenvalue weighted by atomic mass is 35.5. The van der Waals surface area contributed by atoms with Gasteiger partial charge in [-0.25, -0.2) is 13.4 Å². The van der Waals surface area contributed by atoms with E-state index in [1.54, 1.807) is 24.3 Å². The fraction of sp³-hybridized carbons (Fsp3) is 0.100. The Morgan fingerprint density at radius 3 is 2.43 bits per heavy atom. The maximum Gasteiger partial charge on any atom is 0.264 e. The van der Waals surface area contributed by atoms with Crippen molar-refractivity contribution in [3.8, 4) is 0 Å². The summed E-state index contributed by atoms with van der Waals surface area (Å²) in [5.74, 6) is -0.149. The predicted octanol–water partition coefficient (Wildman–Crippen LogP) is 4.12. The summed E-state index contributed by atoms with van der Waals surface area (Å²) in [5, 5.41) is 3.06. The zero-order chi connectivity index (χ0) is 20.3. The topological polar surface area (TPSA) is 79.4 Å². The smallest absolute Gasteiger partial charge is 0.264 e. The predicted molar refractivity (Wildman–Crippen MR) is 110 cm³/mol. The number of nitrogens with one attached hydrogen (secondary N) is 1. The highest BCUT2D eigenvalue weighted by Crippen LogP contribution is 2.23. The molecule has 0 saturated heterocycles. The number of anilines is 2. The van der Waals surface area contributed by atoms with E-state index in [4.69, 9.17) is 11.6 Å². The van der Waals surface area contributed by atoms with Crippen molar-refractivity contribution in [3.05, 3.63) is 83.0 Å². The van der Waals surface area contributed by atoms with Gasteiger partial charge in [0.25, 0.3) is 15.9 Å². The van der Waals surface area contributed by atoms with E-state index in [2.05, 4.69) is 10.3 Å². The quantitative estimate of drug-likeness (QED) is 0.679. The number of halogens is 1. The van der Waals surface area contributed by atoms with Crippen LogP contribution in [-0.2, 0) is 10.0 Å². The molecule has 0 saturated carbocycles. The molecule has 0 aliphatic heterocycles. The SMILES string of the molecule is Cc1ccc(N(C)S(=O)(=O)c2cccc(C(=O)Nc3ccc(Cl)cn3)c2)cc1. The van der Waals surface area contributed by atoms with E-state index in [-0.39, 0.29) is 10.5 Å². The summed E-state index contributed by atoms with van der Waals surface area (Å²) >= 11 is 5.78. The highest BCUT2D eigenvalue weighted by Gasteiger charge is 2.22. The second-order valence-corrected chi connectivity index (χ2v) is 8.56. The van der Waals surface area contributed by atoms with E-state index in [1.165, 1.54) is 41.8 Å². The number of carbonyl (C=O) groups is 1. The van der Waals surface area contributed by atoms with Crippen LogP contribution in [0.25, 0.3) is 0 Å². The number of hydrogen-bond donors (Lipinski definition) is 1. The number of aryl methyl sites for hydroxylation is 1. The maximum absolute atomic E-state index is 13.0. The van der Waals surface area contributed by atoms with Crippen LogP contribution in [0.1, 0.15) is 15.9 Å². The van der Waals surface area contributed by atoms with Crippen LogP contribution in [0, 0.1) is 6.92 Å². The van der Waals surface area contributed by atoms with Gasteiger partial charge < -0.3 is 5.32 Å². The second-order valence-electron chi connectivity index (χ2n) is 6.15. The van der Waals surface area contributed by atoms with Gasteiger partial charge in [0.2, 0.25) is 0 Å². The second kappa shape index (κ2) is 8.00. The van der Waals surface area contributed by atoms with E-state index in [0.29, 0.717) is 16.5 Å². The van der Waals surface area contributed by atoms with Gasteiger partial charge in [-0.3, -0.25) is 9.10 Å². The highest BCUT2D eigenvalue weighted by molar-refractivity contribution is 7.92. The minimum Gasteiger partial charge on any atom is -0.307 e. The average Bonchev–Trinajstić information content (AvgIpc) is 2.70. The van der Waals surface area contributed by atoms with Crippen molar-refractivity contribution in [2.24, 2.45) is 0 Å². The summed E-state index contributed by atoms with van der Waals surface area (Å²) in [7, 11) is -2.34. The van der Waals surface area contributed by atoms with Gasteiger partial charge >= 0.3 is 0 Å². The lowest BCUT2D eigenvalue weighted by atomic mass is 10.2. The molecule has 3 rings (SSSR count). The van der Waals surface area contributed by atoms with Crippen molar-refractivity contribution < 1.29 is 13.2 Å². The third-order valence-corrected chi connectivity index (χ3v) is 6.13. The Kier molecular flexibility index (Phi) is 5.67. The summed E-state index contributed by atoms with van der Waals surface area (Å²) in [6, 6.07) is 16.2. The van der Waals surface area contributed by atoms with Crippen LogP contribution in [0.15, 0.2) is 71.8 Å². The molecule has 1 amide bonds. The van der Waals surface area contributed by atoms with E-state index in [0.717, 1.165) is 5.56 Å². The molecule has 2 aromatic carbocycles. The van der Waals surface area contributed by atoms with Crippen molar-refractivity contribution in [3.63, 3.8) is 0 Å². The number of nitrogens with zero attached hydrogens (tertiary/aromatic N) is 2. The first-order chi connectivity index (χ1) is 13.3. The minimum atomic E-state index is -3.82. The monoisotopic (exact) mass is 415 g/mol. The Morgan fingerprint density at radius 2 is 1.79 bits per heavy atom. The van der Waals surface area contributed by atoms with Crippen LogP contribution in [0.3, 0.4) is 0 Å². The van der Waals surface area contributed by atoms with Crippen LogP contribution in [0.5, 0.6) is 0 Å². The lowest BCUT2D eigenvalue weighted by Crippen LogP contribution is -2.26. The van der Waals surface area contributed by atoms with Crippen molar-refractivity contribution in [1.29, 1.82) is 0 Å². The molecule has 8 heteroatoms. The molecule has 0 radical (unpaired) electrons. The third-order valence-electron chi connectivity index (χ3n) is 4.12. The third kappa shape index (κ3) is 4.32. The van der Waals surface area contributed by atoms with Crippen molar-refractivity contribution in [1.82, 2.24) is 4.98 Å². The van der Waals surface area contributed by atoms with E-state index >= 15 is 0 Å². The molecule has 0 bridgehead atoms. The summed E-state index contributed by atoms with van der Waals surface area (Å²) in [6.45, 7) is 1.93. The lowest BCUT2D eigenvalue weighted by molar-refractivity contribution is 0.102. The number of rotatable bonds is 5. The van der Waals surface area contributed by atoms with E-state index < -0.39 is 15.9 Å². The number of benzene rings is 2. The fourth-order valence-corrected chi connectivity index (χ4v) is 3.84. The number of pyridine rings is 1. The molecule has 6 nitrogen and oxygen atoms in total. The lowest BCUT2D eigenvalue weighted by Gasteiger charge is -2.20. The van der Waals surface area contributed by atoms with Crippen molar-refractivity contribution in [2.75, 3.05) is 16.7 Å². The van der Waals surface area contributed by atoms with Gasteiger partial charge in [-0.1, -0.05) is 35.4 Å². The van der Waals surface area contributed by atoms with E-state index in [9.17, 15) is 13.2 Å². The Balaban J connectivity index is 1.86. The summed E-state index contributed by atoms with van der Waals surface area (Å²) in [6.07, 6.45) is 1.41. The maximum atomic E-state index is 13.0. The zero-order valence-corrected chi connectivity index (χ0v) is 16.8. The molecular weight excluding hydrogens is 398 g/mol.